The van der Waals surface area contributed by atoms with Crippen LogP contribution in [0.3, 0.4) is 0 Å². The van der Waals surface area contributed by atoms with Crippen LogP contribution in [-0.4, -0.2) is 49.4 Å². The number of aromatic nitrogens is 4. The molecular formula is C28H32FN5O3. The fourth-order valence-corrected chi connectivity index (χ4v) is 4.84. The van der Waals surface area contributed by atoms with Crippen molar-refractivity contribution in [2.24, 2.45) is 5.92 Å². The number of nitrogens with one attached hydrogen (secondary N) is 2. The molecule has 9 heteroatoms. The number of carbonyl (C=O) groups is 1. The van der Waals surface area contributed by atoms with Gasteiger partial charge in [0.1, 0.15) is 11.4 Å². The van der Waals surface area contributed by atoms with Crippen molar-refractivity contribution in [1.82, 2.24) is 24.6 Å². The molecule has 1 amide bonds. The number of H-pyrrole nitrogens is 2. The van der Waals surface area contributed by atoms with Crippen LogP contribution in [0.25, 0.3) is 17.0 Å². The van der Waals surface area contributed by atoms with Crippen molar-refractivity contribution < 1.29 is 13.9 Å². The lowest BCUT2D eigenvalue weighted by Gasteiger charge is -2.24. The molecule has 1 atom stereocenters. The monoisotopic (exact) mass is 505 g/mol. The Morgan fingerprint density at radius 2 is 1.89 bits per heavy atom. The lowest BCUT2D eigenvalue weighted by atomic mass is 9.97. The number of nitrogens with zero attached hydrogens (tertiary/aromatic N) is 3. The number of rotatable bonds is 6. The Bertz CT molecular complexity index is 1430. The molecule has 37 heavy (non-hydrogen) atoms. The Balaban J connectivity index is 1.40. The molecule has 1 fully saturated rings. The number of amides is 1. The van der Waals surface area contributed by atoms with E-state index in [4.69, 9.17) is 4.74 Å². The fraction of sp³-hybridized carbons (Fsp3) is 0.393. The van der Waals surface area contributed by atoms with Gasteiger partial charge in [-0.05, 0) is 82.2 Å². The molecule has 2 N–H and O–H groups in total. The second kappa shape index (κ2) is 9.88. The molecule has 3 heterocycles. The van der Waals surface area contributed by atoms with Crippen LogP contribution in [0.15, 0.2) is 53.3 Å². The van der Waals surface area contributed by atoms with E-state index in [1.165, 1.54) is 16.8 Å². The van der Waals surface area contributed by atoms with Crippen molar-refractivity contribution in [3.05, 3.63) is 81.5 Å². The average molecular weight is 506 g/mol. The zero-order valence-corrected chi connectivity index (χ0v) is 21.4. The van der Waals surface area contributed by atoms with Gasteiger partial charge in [-0.15, -0.1) is 0 Å². The van der Waals surface area contributed by atoms with Crippen LogP contribution >= 0.6 is 0 Å². The summed E-state index contributed by atoms with van der Waals surface area (Å²) in [6, 6.07) is 14.0. The third-order valence-electron chi connectivity index (χ3n) is 6.67. The number of halogens is 1. The summed E-state index contributed by atoms with van der Waals surface area (Å²) in [5.74, 6) is 0.343. The van der Waals surface area contributed by atoms with E-state index >= 15 is 0 Å². The van der Waals surface area contributed by atoms with Crippen molar-refractivity contribution in [2.75, 3.05) is 13.1 Å². The summed E-state index contributed by atoms with van der Waals surface area (Å²) in [6.07, 6.45) is 2.26. The highest BCUT2D eigenvalue weighted by molar-refractivity contribution is 5.75. The Morgan fingerprint density at radius 1 is 1.14 bits per heavy atom. The van der Waals surface area contributed by atoms with Crippen molar-refractivity contribution in [3.8, 4) is 5.95 Å². The Labute approximate surface area is 214 Å². The molecule has 0 radical (unpaired) electrons. The van der Waals surface area contributed by atoms with Gasteiger partial charge in [0, 0.05) is 24.3 Å². The van der Waals surface area contributed by atoms with Gasteiger partial charge in [0.2, 0.25) is 5.95 Å². The number of hydrogen-bond acceptors (Lipinski definition) is 4. The third-order valence-corrected chi connectivity index (χ3v) is 6.67. The van der Waals surface area contributed by atoms with Crippen molar-refractivity contribution in [1.29, 1.82) is 0 Å². The van der Waals surface area contributed by atoms with Gasteiger partial charge in [0.25, 0.3) is 5.56 Å². The number of fused-ring (bicyclic) bond motifs is 1. The summed E-state index contributed by atoms with van der Waals surface area (Å²) in [4.78, 5) is 35.7. The molecule has 8 nitrogen and oxygen atoms in total. The smallest absolute Gasteiger partial charge is 0.410 e. The number of hydrogen-bond donors (Lipinski definition) is 2. The lowest BCUT2D eigenvalue weighted by molar-refractivity contribution is 0.0288. The highest BCUT2D eigenvalue weighted by atomic mass is 19.1. The summed E-state index contributed by atoms with van der Waals surface area (Å²) in [5, 5.41) is 3.30. The maximum absolute atomic E-state index is 13.6. The second-order valence-electron chi connectivity index (χ2n) is 10.7. The molecule has 1 aliphatic rings. The van der Waals surface area contributed by atoms with E-state index in [1.807, 2.05) is 45.0 Å². The molecule has 0 spiro atoms. The first-order chi connectivity index (χ1) is 17.7. The van der Waals surface area contributed by atoms with Crippen LogP contribution in [0.2, 0.25) is 0 Å². The highest BCUT2D eigenvalue weighted by Crippen LogP contribution is 2.24. The number of carbonyl (C=O) groups excluding carboxylic acids is 1. The average Bonchev–Trinajstić information content (AvgIpc) is 3.55. The van der Waals surface area contributed by atoms with Gasteiger partial charge in [0.15, 0.2) is 0 Å². The molecule has 5 rings (SSSR count). The largest absolute Gasteiger partial charge is 0.444 e. The van der Waals surface area contributed by atoms with Gasteiger partial charge in [-0.3, -0.25) is 9.89 Å². The van der Waals surface area contributed by atoms with Crippen LogP contribution in [-0.2, 0) is 24.0 Å². The summed E-state index contributed by atoms with van der Waals surface area (Å²) in [5.41, 5.74) is 3.40. The number of para-hydroxylation sites is 2. The first-order valence-corrected chi connectivity index (χ1v) is 12.7. The van der Waals surface area contributed by atoms with Gasteiger partial charge in [-0.2, -0.15) is 4.68 Å². The van der Waals surface area contributed by atoms with Gasteiger partial charge in [0.05, 0.1) is 11.0 Å². The number of likely N-dealkylation sites (tertiary alicyclic amines) is 1. The minimum atomic E-state index is -0.544. The van der Waals surface area contributed by atoms with E-state index in [9.17, 15) is 14.0 Å². The standard InChI is InChI=1S/C28H32FN5O3/c1-28(2,3)37-27(36)33-15-14-19(17-33)16-24-21(13-10-18-8-11-20(29)12-9-18)25(35)34(32-24)26-30-22-6-4-5-7-23(22)31-26/h4-9,11-12,19,32H,10,13-17H2,1-3H3,(H,30,31). The van der Waals surface area contributed by atoms with Crippen LogP contribution in [0, 0.1) is 11.7 Å². The van der Waals surface area contributed by atoms with Crippen LogP contribution in [0.5, 0.6) is 0 Å². The van der Waals surface area contributed by atoms with Crippen molar-refractivity contribution >= 4 is 17.1 Å². The Hall–Kier alpha value is -3.88. The molecule has 4 aromatic rings. The summed E-state index contributed by atoms with van der Waals surface area (Å²) < 4.78 is 20.4. The number of imidazole rings is 1. The Kier molecular flexibility index (Phi) is 6.62. The van der Waals surface area contributed by atoms with E-state index in [2.05, 4.69) is 15.1 Å². The first-order valence-electron chi connectivity index (χ1n) is 12.7. The van der Waals surface area contributed by atoms with Gasteiger partial charge in [-0.25, -0.2) is 14.2 Å². The van der Waals surface area contributed by atoms with E-state index < -0.39 is 5.60 Å². The van der Waals surface area contributed by atoms with E-state index in [-0.39, 0.29) is 23.4 Å². The molecule has 1 aliphatic heterocycles. The predicted molar refractivity (Wildman–Crippen MR) is 139 cm³/mol. The SMILES string of the molecule is CC(C)(C)OC(=O)N1CCC(Cc2[nH]n(-c3nc4ccccc4[nH]3)c(=O)c2CCc2ccc(F)cc2)C1. The molecule has 2 aromatic heterocycles. The topological polar surface area (TPSA) is 96.0 Å². The van der Waals surface area contributed by atoms with Gasteiger partial charge in [-0.1, -0.05) is 24.3 Å². The fourth-order valence-electron chi connectivity index (χ4n) is 4.84. The predicted octanol–water partition coefficient (Wildman–Crippen LogP) is 4.77. The molecule has 0 aliphatic carbocycles. The number of aromatic amines is 2. The van der Waals surface area contributed by atoms with Gasteiger partial charge < -0.3 is 14.6 Å². The minimum absolute atomic E-state index is 0.154. The van der Waals surface area contributed by atoms with Gasteiger partial charge >= 0.3 is 6.09 Å². The lowest BCUT2D eigenvalue weighted by Crippen LogP contribution is -2.35. The maximum atomic E-state index is 13.6. The zero-order chi connectivity index (χ0) is 26.2. The quantitative estimate of drug-likeness (QED) is 0.395. The van der Waals surface area contributed by atoms with Crippen LogP contribution < -0.4 is 5.56 Å². The number of benzene rings is 2. The molecule has 0 bridgehead atoms. The zero-order valence-electron chi connectivity index (χ0n) is 21.4. The maximum Gasteiger partial charge on any atom is 0.410 e. The summed E-state index contributed by atoms with van der Waals surface area (Å²) in [6.45, 7) is 6.77. The second-order valence-corrected chi connectivity index (χ2v) is 10.7. The highest BCUT2D eigenvalue weighted by Gasteiger charge is 2.31. The number of aryl methyl sites for hydroxylation is 1. The van der Waals surface area contributed by atoms with Crippen molar-refractivity contribution in [2.45, 2.75) is 52.1 Å². The van der Waals surface area contributed by atoms with E-state index in [1.54, 1.807) is 17.0 Å². The molecule has 194 valence electrons. The van der Waals surface area contributed by atoms with Crippen molar-refractivity contribution in [3.63, 3.8) is 0 Å². The molecular weight excluding hydrogens is 473 g/mol. The minimum Gasteiger partial charge on any atom is -0.444 e. The number of ether oxygens (including phenoxy) is 1. The Morgan fingerprint density at radius 3 is 2.62 bits per heavy atom. The van der Waals surface area contributed by atoms with Crippen LogP contribution in [0.1, 0.15) is 44.0 Å². The van der Waals surface area contributed by atoms with E-state index in [0.717, 1.165) is 28.7 Å². The molecule has 0 saturated carbocycles. The molecule has 2 aromatic carbocycles. The summed E-state index contributed by atoms with van der Waals surface area (Å²) >= 11 is 0. The first kappa shape index (κ1) is 24.8. The molecule has 1 saturated heterocycles. The van der Waals surface area contributed by atoms with Crippen LogP contribution in [0.4, 0.5) is 9.18 Å². The third kappa shape index (κ3) is 5.60. The summed E-state index contributed by atoms with van der Waals surface area (Å²) in [7, 11) is 0. The van der Waals surface area contributed by atoms with E-state index in [0.29, 0.717) is 43.9 Å². The normalized spacial score (nSPS) is 16.0. The molecule has 1 unspecified atom stereocenters.